The third-order valence-corrected chi connectivity index (χ3v) is 6.13. The van der Waals surface area contributed by atoms with Crippen LogP contribution in [0.25, 0.3) is 6.08 Å². The van der Waals surface area contributed by atoms with Crippen molar-refractivity contribution < 1.29 is 38.1 Å². The maximum Gasteiger partial charge on any atom is 0.314 e. The molecule has 0 radical (unpaired) electrons. The first-order chi connectivity index (χ1) is 19.0. The third-order valence-electron chi connectivity index (χ3n) is 6.13. The zero-order valence-corrected chi connectivity index (χ0v) is 25.6. The second-order valence-corrected chi connectivity index (χ2v) is 12.1. The number of ketones is 1. The van der Waals surface area contributed by atoms with Crippen LogP contribution in [0.15, 0.2) is 55.1 Å². The number of carbonyl (C=O) groups is 3. The maximum absolute atomic E-state index is 12.9. The van der Waals surface area contributed by atoms with Gasteiger partial charge in [-0.15, -0.1) is 6.58 Å². The Morgan fingerprint density at radius 1 is 0.780 bits per heavy atom. The molecule has 0 aliphatic carbocycles. The Morgan fingerprint density at radius 3 is 1.80 bits per heavy atom. The van der Waals surface area contributed by atoms with Crippen molar-refractivity contribution in [2.75, 3.05) is 20.7 Å². The molecule has 41 heavy (non-hydrogen) atoms. The van der Waals surface area contributed by atoms with Crippen LogP contribution in [0.5, 0.6) is 17.2 Å². The van der Waals surface area contributed by atoms with Crippen LogP contribution >= 0.6 is 0 Å². The van der Waals surface area contributed by atoms with Gasteiger partial charge in [-0.2, -0.15) is 0 Å². The van der Waals surface area contributed by atoms with Crippen LogP contribution in [0.1, 0.15) is 76.9 Å². The Bertz CT molecular complexity index is 1270. The molecule has 0 heterocycles. The molecule has 0 saturated carbocycles. The van der Waals surface area contributed by atoms with Gasteiger partial charge in [0.1, 0.15) is 17.2 Å². The molecule has 2 rings (SSSR count). The molecule has 0 unspecified atom stereocenters. The van der Waals surface area contributed by atoms with Crippen molar-refractivity contribution in [3.63, 3.8) is 0 Å². The van der Waals surface area contributed by atoms with Crippen molar-refractivity contribution in [3.8, 4) is 17.2 Å². The molecule has 8 nitrogen and oxygen atoms in total. The molecule has 2 aromatic rings. The van der Waals surface area contributed by atoms with Gasteiger partial charge in [0, 0.05) is 28.2 Å². The van der Waals surface area contributed by atoms with Crippen molar-refractivity contribution in [1.29, 1.82) is 0 Å². The fourth-order valence-corrected chi connectivity index (χ4v) is 3.33. The van der Waals surface area contributed by atoms with E-state index in [1.54, 1.807) is 84.0 Å². The Balaban J connectivity index is 2.21. The zero-order chi connectivity index (χ0) is 31.0. The molecule has 2 aromatic carbocycles. The van der Waals surface area contributed by atoms with E-state index in [9.17, 15) is 14.4 Å². The first kappa shape index (κ1) is 33.1. The van der Waals surface area contributed by atoms with Crippen LogP contribution in [0.3, 0.4) is 0 Å². The topological polar surface area (TPSA) is 97.4 Å². The molecular weight excluding hydrogens is 524 g/mol. The summed E-state index contributed by atoms with van der Waals surface area (Å²) in [7, 11) is 1.52. The number of rotatable bonds is 12. The number of esters is 2. The highest BCUT2D eigenvalue weighted by molar-refractivity contribution is 6.07. The summed E-state index contributed by atoms with van der Waals surface area (Å²) in [5.41, 5.74) is 0.113. The van der Waals surface area contributed by atoms with Crippen molar-refractivity contribution in [2.45, 2.75) is 60.8 Å². The van der Waals surface area contributed by atoms with Crippen LogP contribution in [-0.2, 0) is 24.5 Å². The molecule has 0 aromatic heterocycles. The van der Waals surface area contributed by atoms with E-state index in [4.69, 9.17) is 23.7 Å². The van der Waals surface area contributed by atoms with Gasteiger partial charge in [-0.25, -0.2) is 0 Å². The average molecular weight is 567 g/mol. The quantitative estimate of drug-likeness (QED) is 0.0899. The number of benzene rings is 2. The second kappa shape index (κ2) is 13.5. The summed E-state index contributed by atoms with van der Waals surface area (Å²) >= 11 is 0. The first-order valence-electron chi connectivity index (χ1n) is 13.3. The molecule has 0 bridgehead atoms. The third kappa shape index (κ3) is 9.52. The Kier molecular flexibility index (Phi) is 10.9. The average Bonchev–Trinajstić information content (AvgIpc) is 2.90. The van der Waals surface area contributed by atoms with Gasteiger partial charge in [0.25, 0.3) is 0 Å². The standard InChI is InChI=1S/C33H42O8/c1-11-33(8,9)25-18-23(27(37-10)19-28(25)39-21-41-30(36)32(5,6)7)14-17-26(34)22-12-15-24(16-13-22)38-20-40-29(35)31(2,3)4/h11-19H,1,20-21H2,2-10H3. The number of allylic oxidation sites excluding steroid dienone is 2. The lowest BCUT2D eigenvalue weighted by molar-refractivity contribution is -0.160. The summed E-state index contributed by atoms with van der Waals surface area (Å²) in [5.74, 6) is 0.443. The van der Waals surface area contributed by atoms with Gasteiger partial charge in [0.05, 0.1) is 17.9 Å². The lowest BCUT2D eigenvalue weighted by Gasteiger charge is -2.25. The summed E-state index contributed by atoms with van der Waals surface area (Å²) in [6, 6.07) is 10.1. The van der Waals surface area contributed by atoms with Crippen molar-refractivity contribution in [1.82, 2.24) is 0 Å². The van der Waals surface area contributed by atoms with Crippen molar-refractivity contribution in [2.24, 2.45) is 10.8 Å². The second-order valence-electron chi connectivity index (χ2n) is 12.1. The van der Waals surface area contributed by atoms with Gasteiger partial charge < -0.3 is 23.7 Å². The molecule has 0 fully saturated rings. The van der Waals surface area contributed by atoms with E-state index in [-0.39, 0.29) is 31.3 Å². The van der Waals surface area contributed by atoms with E-state index in [0.717, 1.165) is 5.56 Å². The summed E-state index contributed by atoms with van der Waals surface area (Å²) < 4.78 is 27.3. The van der Waals surface area contributed by atoms with E-state index in [1.165, 1.54) is 13.2 Å². The minimum absolute atomic E-state index is 0.217. The van der Waals surface area contributed by atoms with E-state index in [0.29, 0.717) is 28.4 Å². The van der Waals surface area contributed by atoms with E-state index in [2.05, 4.69) is 6.58 Å². The van der Waals surface area contributed by atoms with Gasteiger partial charge in [0.2, 0.25) is 13.6 Å². The molecule has 0 spiro atoms. The molecule has 0 N–H and O–H groups in total. The minimum Gasteiger partial charge on any atom is -0.496 e. The fraction of sp³-hybridized carbons (Fsp3) is 0.424. The monoisotopic (exact) mass is 566 g/mol. The normalized spacial score (nSPS) is 12.0. The highest BCUT2D eigenvalue weighted by Crippen LogP contribution is 2.38. The molecular formula is C33H42O8. The van der Waals surface area contributed by atoms with Gasteiger partial charge >= 0.3 is 11.9 Å². The van der Waals surface area contributed by atoms with Crippen molar-refractivity contribution >= 4 is 23.8 Å². The van der Waals surface area contributed by atoms with Gasteiger partial charge in [0.15, 0.2) is 5.78 Å². The highest BCUT2D eigenvalue weighted by atomic mass is 16.7. The van der Waals surface area contributed by atoms with E-state index in [1.807, 2.05) is 19.9 Å². The predicted molar refractivity (Wildman–Crippen MR) is 158 cm³/mol. The Morgan fingerprint density at radius 2 is 1.32 bits per heavy atom. The Labute approximate surface area is 243 Å². The fourth-order valence-electron chi connectivity index (χ4n) is 3.33. The lowest BCUT2D eigenvalue weighted by atomic mass is 9.83. The molecule has 0 atom stereocenters. The van der Waals surface area contributed by atoms with Gasteiger partial charge in [-0.05, 0) is 84.0 Å². The van der Waals surface area contributed by atoms with Crippen LogP contribution in [0.2, 0.25) is 0 Å². The van der Waals surface area contributed by atoms with Crippen LogP contribution in [0, 0.1) is 10.8 Å². The van der Waals surface area contributed by atoms with E-state index < -0.39 is 16.2 Å². The minimum atomic E-state index is -0.653. The summed E-state index contributed by atoms with van der Waals surface area (Å²) in [6.45, 7) is 18.0. The van der Waals surface area contributed by atoms with Crippen LogP contribution < -0.4 is 14.2 Å². The summed E-state index contributed by atoms with van der Waals surface area (Å²) in [5, 5.41) is 0. The molecule has 0 aliphatic heterocycles. The number of ether oxygens (including phenoxy) is 5. The molecule has 0 aliphatic rings. The molecule has 0 amide bonds. The largest absolute Gasteiger partial charge is 0.496 e. The molecule has 8 heteroatoms. The lowest BCUT2D eigenvalue weighted by Crippen LogP contribution is -2.25. The smallest absolute Gasteiger partial charge is 0.314 e. The number of carbonyl (C=O) groups excluding carboxylic acids is 3. The number of methoxy groups -OCH3 is 1. The van der Waals surface area contributed by atoms with Crippen LogP contribution in [0.4, 0.5) is 0 Å². The summed E-state index contributed by atoms with van der Waals surface area (Å²) in [4.78, 5) is 36.9. The van der Waals surface area contributed by atoms with E-state index >= 15 is 0 Å². The molecule has 0 saturated heterocycles. The maximum atomic E-state index is 12.9. The van der Waals surface area contributed by atoms with Gasteiger partial charge in [-0.3, -0.25) is 14.4 Å². The first-order valence-corrected chi connectivity index (χ1v) is 13.3. The Hall–Kier alpha value is -4.07. The van der Waals surface area contributed by atoms with Gasteiger partial charge in [-0.1, -0.05) is 19.9 Å². The number of hydrogen-bond donors (Lipinski definition) is 0. The summed E-state index contributed by atoms with van der Waals surface area (Å²) in [6.07, 6.45) is 4.91. The highest BCUT2D eigenvalue weighted by Gasteiger charge is 2.26. The molecule has 222 valence electrons. The van der Waals surface area contributed by atoms with Crippen LogP contribution in [-0.4, -0.2) is 38.4 Å². The number of hydrogen-bond acceptors (Lipinski definition) is 8. The zero-order valence-electron chi connectivity index (χ0n) is 25.6. The van der Waals surface area contributed by atoms with Crippen molar-refractivity contribution in [3.05, 3.63) is 71.8 Å². The predicted octanol–water partition coefficient (Wildman–Crippen LogP) is 6.91. The SMILES string of the molecule is C=CC(C)(C)c1cc(C=CC(=O)c2ccc(OCOC(=O)C(C)(C)C)cc2)c(OC)cc1OCOC(=O)C(C)(C)C.